The van der Waals surface area contributed by atoms with E-state index in [-0.39, 0.29) is 0 Å². The van der Waals surface area contributed by atoms with E-state index in [1.54, 1.807) is 0 Å². The van der Waals surface area contributed by atoms with Crippen LogP contribution in [0.25, 0.3) is 0 Å². The molecule has 2 aromatic rings. The summed E-state index contributed by atoms with van der Waals surface area (Å²) in [6, 6.07) is 11.3. The van der Waals surface area contributed by atoms with Crippen molar-refractivity contribution in [3.05, 3.63) is 47.9 Å². The van der Waals surface area contributed by atoms with Crippen LogP contribution in [0.15, 0.2) is 40.8 Å². The zero-order valence-electron chi connectivity index (χ0n) is 10.4. The third-order valence-electron chi connectivity index (χ3n) is 2.44. The van der Waals surface area contributed by atoms with E-state index in [2.05, 4.69) is 0 Å². The van der Waals surface area contributed by atoms with Crippen LogP contribution >= 0.6 is 0 Å². The fourth-order valence-corrected chi connectivity index (χ4v) is 1.60. The Labute approximate surface area is 106 Å². The average Bonchev–Trinajstić information content (AvgIpc) is 2.86. The van der Waals surface area contributed by atoms with Gasteiger partial charge in [0.2, 0.25) is 0 Å². The summed E-state index contributed by atoms with van der Waals surface area (Å²) in [7, 11) is 0. The minimum absolute atomic E-state index is 0.365. The molecule has 0 atom stereocenters. The van der Waals surface area contributed by atoms with Gasteiger partial charge in [0, 0.05) is 0 Å². The smallest absolute Gasteiger partial charge is 0.161 e. The first-order valence-electron chi connectivity index (χ1n) is 5.95. The first-order chi connectivity index (χ1) is 8.83. The van der Waals surface area contributed by atoms with Crippen molar-refractivity contribution in [3.8, 4) is 11.5 Å². The predicted molar refractivity (Wildman–Crippen MR) is 68.5 cm³/mol. The first-order valence-corrected chi connectivity index (χ1v) is 5.95. The highest BCUT2D eigenvalue weighted by atomic mass is 16.5. The second kappa shape index (κ2) is 6.12. The third kappa shape index (κ3) is 3.05. The second-order valence-corrected chi connectivity index (χ2v) is 3.74. The highest BCUT2D eigenvalue weighted by Crippen LogP contribution is 2.27. The molecule has 96 valence electrons. The van der Waals surface area contributed by atoms with Gasteiger partial charge in [0.05, 0.1) is 13.2 Å². The van der Waals surface area contributed by atoms with Gasteiger partial charge in [0.25, 0.3) is 0 Å². The largest absolute Gasteiger partial charge is 0.490 e. The monoisotopic (exact) mass is 247 g/mol. The molecule has 1 aromatic heterocycles. The van der Waals surface area contributed by atoms with E-state index in [0.717, 1.165) is 17.3 Å². The van der Waals surface area contributed by atoms with Gasteiger partial charge in [-0.05, 0) is 31.2 Å². The number of hydrogen-bond acceptors (Lipinski definition) is 4. The van der Waals surface area contributed by atoms with Crippen LogP contribution in [0.4, 0.5) is 0 Å². The van der Waals surface area contributed by atoms with Crippen molar-refractivity contribution in [1.29, 1.82) is 0 Å². The molecule has 0 bridgehead atoms. The number of furan rings is 1. The van der Waals surface area contributed by atoms with Crippen LogP contribution in [0, 0.1) is 0 Å². The molecule has 0 saturated heterocycles. The minimum Gasteiger partial charge on any atom is -0.490 e. The van der Waals surface area contributed by atoms with Crippen LogP contribution < -0.4 is 15.2 Å². The van der Waals surface area contributed by atoms with Crippen LogP contribution in [-0.2, 0) is 13.2 Å². The van der Waals surface area contributed by atoms with E-state index in [0.29, 0.717) is 25.5 Å². The van der Waals surface area contributed by atoms with Crippen molar-refractivity contribution in [2.45, 2.75) is 20.1 Å². The van der Waals surface area contributed by atoms with Crippen LogP contribution in [0.1, 0.15) is 18.4 Å². The van der Waals surface area contributed by atoms with Gasteiger partial charge in [-0.1, -0.05) is 12.1 Å². The quantitative estimate of drug-likeness (QED) is 0.852. The van der Waals surface area contributed by atoms with Crippen molar-refractivity contribution in [2.24, 2.45) is 5.73 Å². The molecule has 0 amide bonds. The van der Waals surface area contributed by atoms with Crippen molar-refractivity contribution in [1.82, 2.24) is 0 Å². The summed E-state index contributed by atoms with van der Waals surface area (Å²) in [5.41, 5.74) is 5.48. The molecule has 0 aliphatic heterocycles. The van der Waals surface area contributed by atoms with Gasteiger partial charge in [-0.25, -0.2) is 0 Å². The van der Waals surface area contributed by atoms with Gasteiger partial charge >= 0.3 is 0 Å². The Morgan fingerprint density at radius 1 is 1.00 bits per heavy atom. The van der Waals surface area contributed by atoms with E-state index < -0.39 is 0 Å². The molecule has 1 heterocycles. The molecular weight excluding hydrogens is 230 g/mol. The van der Waals surface area contributed by atoms with E-state index in [1.165, 1.54) is 0 Å². The fourth-order valence-electron chi connectivity index (χ4n) is 1.60. The molecule has 1 aromatic carbocycles. The third-order valence-corrected chi connectivity index (χ3v) is 2.44. The van der Waals surface area contributed by atoms with Gasteiger partial charge in [-0.2, -0.15) is 0 Å². The van der Waals surface area contributed by atoms with Gasteiger partial charge < -0.3 is 19.6 Å². The lowest BCUT2D eigenvalue weighted by Gasteiger charge is -2.10. The normalized spacial score (nSPS) is 10.3. The summed E-state index contributed by atoms with van der Waals surface area (Å²) in [6.07, 6.45) is 0. The van der Waals surface area contributed by atoms with E-state index in [9.17, 15) is 0 Å². The van der Waals surface area contributed by atoms with Crippen molar-refractivity contribution in [3.63, 3.8) is 0 Å². The van der Waals surface area contributed by atoms with Crippen LogP contribution in [0.5, 0.6) is 11.5 Å². The number of ether oxygens (including phenoxy) is 2. The van der Waals surface area contributed by atoms with E-state index in [4.69, 9.17) is 19.6 Å². The highest BCUT2D eigenvalue weighted by molar-refractivity contribution is 5.39. The molecule has 4 nitrogen and oxygen atoms in total. The minimum atomic E-state index is 0.365. The summed E-state index contributed by atoms with van der Waals surface area (Å²) >= 11 is 0. The van der Waals surface area contributed by atoms with Gasteiger partial charge in [0.1, 0.15) is 18.1 Å². The number of para-hydroxylation sites is 2. The van der Waals surface area contributed by atoms with Crippen molar-refractivity contribution in [2.75, 3.05) is 6.61 Å². The molecule has 0 saturated carbocycles. The summed E-state index contributed by atoms with van der Waals surface area (Å²) < 4.78 is 16.6. The second-order valence-electron chi connectivity index (χ2n) is 3.74. The maximum absolute atomic E-state index is 5.67. The molecule has 0 spiro atoms. The van der Waals surface area contributed by atoms with Crippen molar-refractivity contribution >= 4 is 0 Å². The number of benzene rings is 1. The zero-order valence-corrected chi connectivity index (χ0v) is 10.4. The molecule has 0 aliphatic rings. The fraction of sp³-hybridized carbons (Fsp3) is 0.286. The standard InChI is InChI=1S/C14H17NO3/c1-2-16-13-5-3-4-6-14(13)17-10-12-8-7-11(9-15)18-12/h3-8H,2,9-10,15H2,1H3. The predicted octanol–water partition coefficient (Wildman–Crippen LogP) is 2.72. The Morgan fingerprint density at radius 2 is 1.67 bits per heavy atom. The highest BCUT2D eigenvalue weighted by Gasteiger charge is 2.06. The molecule has 18 heavy (non-hydrogen) atoms. The lowest BCUT2D eigenvalue weighted by Crippen LogP contribution is -1.98. The SMILES string of the molecule is CCOc1ccccc1OCc1ccc(CN)o1. The Hall–Kier alpha value is -1.94. The maximum atomic E-state index is 5.67. The summed E-state index contributed by atoms with van der Waals surface area (Å²) in [4.78, 5) is 0. The molecule has 4 heteroatoms. The molecule has 2 N–H and O–H groups in total. The van der Waals surface area contributed by atoms with Gasteiger partial charge in [-0.15, -0.1) is 0 Å². The Bertz CT molecular complexity index is 493. The molecule has 0 fully saturated rings. The number of nitrogens with two attached hydrogens (primary N) is 1. The molecule has 2 rings (SSSR count). The lowest BCUT2D eigenvalue weighted by atomic mass is 10.3. The van der Waals surface area contributed by atoms with E-state index >= 15 is 0 Å². The molecule has 0 unspecified atom stereocenters. The Kier molecular flexibility index (Phi) is 4.25. The lowest BCUT2D eigenvalue weighted by molar-refractivity contribution is 0.245. The van der Waals surface area contributed by atoms with Crippen LogP contribution in [-0.4, -0.2) is 6.61 Å². The van der Waals surface area contributed by atoms with Crippen LogP contribution in [0.3, 0.4) is 0 Å². The topological polar surface area (TPSA) is 57.6 Å². The van der Waals surface area contributed by atoms with Gasteiger partial charge in [-0.3, -0.25) is 0 Å². The Morgan fingerprint density at radius 3 is 2.28 bits per heavy atom. The number of rotatable bonds is 6. The maximum Gasteiger partial charge on any atom is 0.161 e. The zero-order chi connectivity index (χ0) is 12.8. The molecule has 0 radical (unpaired) electrons. The van der Waals surface area contributed by atoms with Crippen molar-refractivity contribution < 1.29 is 13.9 Å². The summed E-state index contributed by atoms with van der Waals surface area (Å²) in [5, 5.41) is 0. The van der Waals surface area contributed by atoms with Gasteiger partial charge in [0.15, 0.2) is 11.5 Å². The average molecular weight is 247 g/mol. The summed E-state index contributed by atoms with van der Waals surface area (Å²) in [5.74, 6) is 2.96. The van der Waals surface area contributed by atoms with Crippen LogP contribution in [0.2, 0.25) is 0 Å². The Balaban J connectivity index is 2.01. The molecule has 0 aliphatic carbocycles. The first kappa shape index (κ1) is 12.5. The summed E-state index contributed by atoms with van der Waals surface area (Å²) in [6.45, 7) is 3.31. The van der Waals surface area contributed by atoms with E-state index in [1.807, 2.05) is 43.3 Å². The number of hydrogen-bond donors (Lipinski definition) is 1. The molecular formula is C14H17NO3.